The van der Waals surface area contributed by atoms with Gasteiger partial charge in [0.25, 0.3) is 0 Å². The predicted octanol–water partition coefficient (Wildman–Crippen LogP) is 4.16. The summed E-state index contributed by atoms with van der Waals surface area (Å²) in [5.74, 6) is 1.78. The van der Waals surface area contributed by atoms with Crippen LogP contribution in [0.5, 0.6) is 17.4 Å². The lowest BCUT2D eigenvalue weighted by atomic mass is 10.2. The lowest BCUT2D eigenvalue weighted by Gasteiger charge is -2.14. The number of benzene rings is 1. The zero-order valence-corrected chi connectivity index (χ0v) is 14.3. The van der Waals surface area contributed by atoms with E-state index in [1.807, 2.05) is 43.5 Å². The third-order valence-electron chi connectivity index (χ3n) is 3.24. The molecule has 0 unspecified atom stereocenters. The Bertz CT molecular complexity index is 816. The Kier molecular flexibility index (Phi) is 4.34. The molecule has 0 bridgehead atoms. The van der Waals surface area contributed by atoms with E-state index < -0.39 is 0 Å². The number of rotatable bonds is 5. The Hall–Kier alpha value is -2.34. The normalized spacial score (nSPS) is 11.0. The molecule has 0 aliphatic carbocycles. The van der Waals surface area contributed by atoms with Crippen LogP contribution in [0.1, 0.15) is 13.8 Å². The molecule has 120 valence electrons. The van der Waals surface area contributed by atoms with Gasteiger partial charge in [0.1, 0.15) is 5.69 Å². The van der Waals surface area contributed by atoms with Gasteiger partial charge in [-0.05, 0) is 25.3 Å². The van der Waals surface area contributed by atoms with Gasteiger partial charge in [0.05, 0.1) is 36.2 Å². The number of ether oxygens (including phenoxy) is 3. The predicted molar refractivity (Wildman–Crippen MR) is 91.7 cm³/mol. The summed E-state index contributed by atoms with van der Waals surface area (Å²) in [6, 6.07) is 7.64. The van der Waals surface area contributed by atoms with E-state index in [2.05, 4.69) is 4.98 Å². The summed E-state index contributed by atoms with van der Waals surface area (Å²) in [7, 11) is 3.20. The van der Waals surface area contributed by atoms with Gasteiger partial charge in [0.15, 0.2) is 11.5 Å². The molecule has 0 amide bonds. The van der Waals surface area contributed by atoms with Gasteiger partial charge in [0, 0.05) is 12.1 Å². The fraction of sp³-hybridized carbons (Fsp3) is 0.294. The number of thiophene rings is 1. The molecule has 0 N–H and O–H groups in total. The van der Waals surface area contributed by atoms with Gasteiger partial charge in [-0.25, -0.2) is 9.97 Å². The fourth-order valence-electron chi connectivity index (χ4n) is 2.25. The van der Waals surface area contributed by atoms with Crippen molar-refractivity contribution in [3.05, 3.63) is 29.6 Å². The van der Waals surface area contributed by atoms with Gasteiger partial charge in [-0.15, -0.1) is 11.3 Å². The molecule has 0 aliphatic rings. The summed E-state index contributed by atoms with van der Waals surface area (Å²) in [6.07, 6.45) is 0.0145. The molecule has 0 saturated carbocycles. The molecule has 0 saturated heterocycles. The standard InChI is InChI=1S/C17H18N2O3S/c1-10(2)22-17-16(15-6-5-7-23-15)18-11-8-13(20-3)14(21-4)9-12(11)19-17/h5-10H,1-4H3. The van der Waals surface area contributed by atoms with E-state index in [-0.39, 0.29) is 6.10 Å². The Morgan fingerprint density at radius 3 is 2.17 bits per heavy atom. The lowest BCUT2D eigenvalue weighted by molar-refractivity contribution is 0.234. The Balaban J connectivity index is 2.23. The Labute approximate surface area is 138 Å². The number of aromatic nitrogens is 2. The largest absolute Gasteiger partial charge is 0.493 e. The first-order chi connectivity index (χ1) is 11.1. The SMILES string of the molecule is COc1cc2nc(OC(C)C)c(-c3cccs3)nc2cc1OC. The molecule has 5 nitrogen and oxygen atoms in total. The van der Waals surface area contributed by atoms with E-state index in [1.165, 1.54) is 0 Å². The highest BCUT2D eigenvalue weighted by molar-refractivity contribution is 7.13. The number of fused-ring (bicyclic) bond motifs is 1. The van der Waals surface area contributed by atoms with Crippen LogP contribution in [-0.4, -0.2) is 30.3 Å². The maximum absolute atomic E-state index is 5.87. The maximum Gasteiger partial charge on any atom is 0.242 e. The van der Waals surface area contributed by atoms with Crippen molar-refractivity contribution in [3.63, 3.8) is 0 Å². The minimum absolute atomic E-state index is 0.0145. The molecule has 0 aliphatic heterocycles. The van der Waals surface area contributed by atoms with Crippen molar-refractivity contribution in [2.45, 2.75) is 20.0 Å². The highest BCUT2D eigenvalue weighted by atomic mass is 32.1. The minimum atomic E-state index is 0.0145. The van der Waals surface area contributed by atoms with Crippen molar-refractivity contribution in [1.29, 1.82) is 0 Å². The van der Waals surface area contributed by atoms with E-state index in [0.717, 1.165) is 16.1 Å². The third-order valence-corrected chi connectivity index (χ3v) is 4.12. The van der Waals surface area contributed by atoms with E-state index in [0.29, 0.717) is 22.9 Å². The van der Waals surface area contributed by atoms with Crippen molar-refractivity contribution in [2.24, 2.45) is 0 Å². The van der Waals surface area contributed by atoms with Gasteiger partial charge >= 0.3 is 0 Å². The zero-order valence-electron chi connectivity index (χ0n) is 13.5. The monoisotopic (exact) mass is 330 g/mol. The first kappa shape index (κ1) is 15.6. The molecular formula is C17H18N2O3S. The maximum atomic E-state index is 5.87. The average Bonchev–Trinajstić information content (AvgIpc) is 3.06. The number of hydrogen-bond donors (Lipinski definition) is 0. The van der Waals surface area contributed by atoms with Gasteiger partial charge in [-0.1, -0.05) is 6.07 Å². The van der Waals surface area contributed by atoms with E-state index in [1.54, 1.807) is 25.6 Å². The third kappa shape index (κ3) is 3.07. The van der Waals surface area contributed by atoms with Gasteiger partial charge in [0.2, 0.25) is 5.88 Å². The van der Waals surface area contributed by atoms with Crippen LogP contribution in [0, 0.1) is 0 Å². The molecule has 2 aromatic heterocycles. The van der Waals surface area contributed by atoms with Crippen LogP contribution < -0.4 is 14.2 Å². The van der Waals surface area contributed by atoms with Crippen LogP contribution in [0.25, 0.3) is 21.6 Å². The quantitative estimate of drug-likeness (QED) is 0.703. The molecule has 2 heterocycles. The summed E-state index contributed by atoms with van der Waals surface area (Å²) < 4.78 is 16.6. The first-order valence-electron chi connectivity index (χ1n) is 7.26. The Morgan fingerprint density at radius 2 is 1.65 bits per heavy atom. The molecule has 3 rings (SSSR count). The van der Waals surface area contributed by atoms with Crippen LogP contribution >= 0.6 is 11.3 Å². The first-order valence-corrected chi connectivity index (χ1v) is 8.14. The van der Waals surface area contributed by atoms with Crippen LogP contribution in [-0.2, 0) is 0 Å². The van der Waals surface area contributed by atoms with E-state index in [9.17, 15) is 0 Å². The molecular weight excluding hydrogens is 312 g/mol. The van der Waals surface area contributed by atoms with Gasteiger partial charge in [-0.3, -0.25) is 0 Å². The van der Waals surface area contributed by atoms with Crippen LogP contribution in [0.3, 0.4) is 0 Å². The van der Waals surface area contributed by atoms with Gasteiger partial charge in [-0.2, -0.15) is 0 Å². The second-order valence-electron chi connectivity index (χ2n) is 5.22. The molecule has 3 aromatic rings. The molecule has 6 heteroatoms. The fourth-order valence-corrected chi connectivity index (χ4v) is 2.95. The molecule has 23 heavy (non-hydrogen) atoms. The van der Waals surface area contributed by atoms with Crippen molar-refractivity contribution in [3.8, 4) is 28.0 Å². The number of hydrogen-bond acceptors (Lipinski definition) is 6. The van der Waals surface area contributed by atoms with Crippen LogP contribution in [0.4, 0.5) is 0 Å². The van der Waals surface area contributed by atoms with Gasteiger partial charge < -0.3 is 14.2 Å². The summed E-state index contributed by atoms with van der Waals surface area (Å²) in [5.41, 5.74) is 2.19. The highest BCUT2D eigenvalue weighted by Crippen LogP contribution is 2.36. The summed E-state index contributed by atoms with van der Waals surface area (Å²) in [4.78, 5) is 10.4. The molecule has 0 spiro atoms. The number of nitrogens with zero attached hydrogens (tertiary/aromatic N) is 2. The average molecular weight is 330 g/mol. The number of methoxy groups -OCH3 is 2. The van der Waals surface area contributed by atoms with Crippen molar-refractivity contribution < 1.29 is 14.2 Å². The molecule has 0 atom stereocenters. The van der Waals surface area contributed by atoms with Crippen LogP contribution in [0.15, 0.2) is 29.6 Å². The van der Waals surface area contributed by atoms with E-state index >= 15 is 0 Å². The summed E-state index contributed by atoms with van der Waals surface area (Å²) in [5, 5.41) is 2.01. The Morgan fingerprint density at radius 1 is 1.00 bits per heavy atom. The van der Waals surface area contributed by atoms with Crippen molar-refractivity contribution in [2.75, 3.05) is 14.2 Å². The highest BCUT2D eigenvalue weighted by Gasteiger charge is 2.16. The second kappa shape index (κ2) is 6.42. The summed E-state index contributed by atoms with van der Waals surface area (Å²) >= 11 is 1.60. The van der Waals surface area contributed by atoms with E-state index in [4.69, 9.17) is 19.2 Å². The zero-order chi connectivity index (χ0) is 16.4. The van der Waals surface area contributed by atoms with Crippen molar-refractivity contribution in [1.82, 2.24) is 9.97 Å². The summed E-state index contributed by atoms with van der Waals surface area (Å²) in [6.45, 7) is 3.94. The molecule has 0 fully saturated rings. The second-order valence-corrected chi connectivity index (χ2v) is 6.16. The van der Waals surface area contributed by atoms with Crippen molar-refractivity contribution >= 4 is 22.4 Å². The minimum Gasteiger partial charge on any atom is -0.493 e. The smallest absolute Gasteiger partial charge is 0.242 e. The molecule has 0 radical (unpaired) electrons. The molecule has 1 aromatic carbocycles. The van der Waals surface area contributed by atoms with Crippen LogP contribution in [0.2, 0.25) is 0 Å². The lowest BCUT2D eigenvalue weighted by Crippen LogP contribution is -2.09. The topological polar surface area (TPSA) is 53.5 Å².